The van der Waals surface area contributed by atoms with Crippen LogP contribution in [0.3, 0.4) is 0 Å². The van der Waals surface area contributed by atoms with Gasteiger partial charge in [0.25, 0.3) is 0 Å². The van der Waals surface area contributed by atoms with Crippen molar-refractivity contribution in [1.29, 1.82) is 0 Å². The monoisotopic (exact) mass is 465 g/mol. The lowest BCUT2D eigenvalue weighted by Gasteiger charge is -2.40. The quantitative estimate of drug-likeness (QED) is 0.158. The molecule has 0 saturated carbocycles. The summed E-state index contributed by atoms with van der Waals surface area (Å²) in [7, 11) is 0. The fourth-order valence-electron chi connectivity index (χ4n) is 7.63. The van der Waals surface area contributed by atoms with Gasteiger partial charge >= 0.3 is 0 Å². The van der Waals surface area contributed by atoms with Crippen molar-refractivity contribution in [2.75, 3.05) is 0 Å². The molecule has 0 nitrogen and oxygen atoms in total. The van der Waals surface area contributed by atoms with Gasteiger partial charge in [0.15, 0.2) is 0 Å². The standard InChI is InChI=1S/C33H68/c1-12-20-28(15-4)30(17-6)24-33(26(10)22-25(9)14-3)27(11)23-31(18-7)32(19-8)29(16-5)21-13-2/h25-33H,12-24H2,1-11H3. The summed E-state index contributed by atoms with van der Waals surface area (Å²) in [4.78, 5) is 0. The summed E-state index contributed by atoms with van der Waals surface area (Å²) in [5.74, 6) is 8.12. The Balaban J connectivity index is 5.73. The van der Waals surface area contributed by atoms with Crippen LogP contribution >= 0.6 is 0 Å². The molecular weight excluding hydrogens is 396 g/mol. The van der Waals surface area contributed by atoms with Crippen LogP contribution in [0.25, 0.3) is 0 Å². The van der Waals surface area contributed by atoms with E-state index in [9.17, 15) is 0 Å². The van der Waals surface area contributed by atoms with Gasteiger partial charge in [0, 0.05) is 0 Å². The van der Waals surface area contributed by atoms with Gasteiger partial charge in [-0.05, 0) is 72.5 Å². The molecule has 0 aliphatic rings. The molecule has 0 aromatic rings. The Labute approximate surface area is 212 Å². The third-order valence-electron chi connectivity index (χ3n) is 9.95. The molecule has 0 aliphatic carbocycles. The molecule has 0 aliphatic heterocycles. The minimum atomic E-state index is 0.857. The fourth-order valence-corrected chi connectivity index (χ4v) is 7.63. The smallest absolute Gasteiger partial charge is 0.0360 e. The van der Waals surface area contributed by atoms with Gasteiger partial charge in [-0.2, -0.15) is 0 Å². The Kier molecular flexibility index (Phi) is 19.2. The predicted octanol–water partition coefficient (Wildman–Crippen LogP) is 11.8. The second-order valence-electron chi connectivity index (χ2n) is 12.2. The summed E-state index contributed by atoms with van der Waals surface area (Å²) in [6, 6.07) is 0. The molecule has 0 fully saturated rings. The van der Waals surface area contributed by atoms with Crippen molar-refractivity contribution in [3.05, 3.63) is 0 Å². The van der Waals surface area contributed by atoms with Crippen molar-refractivity contribution in [2.45, 2.75) is 160 Å². The maximum absolute atomic E-state index is 2.65. The minimum absolute atomic E-state index is 0.857. The molecule has 0 amide bonds. The average Bonchev–Trinajstić information content (AvgIpc) is 2.82. The van der Waals surface area contributed by atoms with Gasteiger partial charge in [0.1, 0.15) is 0 Å². The molecule has 200 valence electrons. The zero-order valence-corrected chi connectivity index (χ0v) is 25.4. The Morgan fingerprint density at radius 1 is 0.394 bits per heavy atom. The topological polar surface area (TPSA) is 0 Å². The first kappa shape index (κ1) is 33.0. The third-order valence-corrected chi connectivity index (χ3v) is 9.95. The van der Waals surface area contributed by atoms with Gasteiger partial charge in [0.05, 0.1) is 0 Å². The van der Waals surface area contributed by atoms with Crippen molar-refractivity contribution in [3.63, 3.8) is 0 Å². The number of rotatable bonds is 21. The van der Waals surface area contributed by atoms with E-state index in [0.29, 0.717) is 0 Å². The zero-order chi connectivity index (χ0) is 25.4. The van der Waals surface area contributed by atoms with Crippen LogP contribution in [-0.4, -0.2) is 0 Å². The SMILES string of the molecule is CCCC(CC)C(CC)CC(C(C)CC(C)CC)C(C)CC(CC)C(CC)C(CC)CCC. The van der Waals surface area contributed by atoms with Crippen molar-refractivity contribution < 1.29 is 0 Å². The first-order chi connectivity index (χ1) is 15.8. The second kappa shape index (κ2) is 19.2. The maximum Gasteiger partial charge on any atom is -0.0360 e. The van der Waals surface area contributed by atoms with Crippen molar-refractivity contribution in [1.82, 2.24) is 0 Å². The van der Waals surface area contributed by atoms with Gasteiger partial charge in [-0.1, -0.05) is 140 Å². The normalized spacial score (nSPS) is 20.5. The van der Waals surface area contributed by atoms with Gasteiger partial charge in [-0.15, -0.1) is 0 Å². The Bertz CT molecular complexity index is 426. The van der Waals surface area contributed by atoms with Crippen LogP contribution in [-0.2, 0) is 0 Å². The lowest BCUT2D eigenvalue weighted by molar-refractivity contribution is 0.103. The summed E-state index contributed by atoms with van der Waals surface area (Å²) in [6.45, 7) is 27.2. The van der Waals surface area contributed by atoms with E-state index in [4.69, 9.17) is 0 Å². The van der Waals surface area contributed by atoms with Crippen molar-refractivity contribution in [3.8, 4) is 0 Å². The molecule has 0 heteroatoms. The van der Waals surface area contributed by atoms with Crippen LogP contribution in [0.4, 0.5) is 0 Å². The molecule has 0 bridgehead atoms. The largest absolute Gasteiger partial charge is 0.0654 e. The molecule has 0 rings (SSSR count). The molecule has 9 atom stereocenters. The predicted molar refractivity (Wildman–Crippen MR) is 154 cm³/mol. The molecule has 0 spiro atoms. The molecular formula is C33H68. The molecule has 0 aromatic carbocycles. The van der Waals surface area contributed by atoms with Crippen LogP contribution in [0.1, 0.15) is 160 Å². The maximum atomic E-state index is 2.65. The second-order valence-corrected chi connectivity index (χ2v) is 12.2. The van der Waals surface area contributed by atoms with E-state index in [2.05, 4.69) is 76.2 Å². The van der Waals surface area contributed by atoms with Crippen LogP contribution in [0.5, 0.6) is 0 Å². The van der Waals surface area contributed by atoms with Crippen LogP contribution < -0.4 is 0 Å². The summed E-state index contributed by atoms with van der Waals surface area (Å²) < 4.78 is 0. The highest BCUT2D eigenvalue weighted by atomic mass is 14.4. The van der Waals surface area contributed by atoms with Gasteiger partial charge in [-0.3, -0.25) is 0 Å². The highest BCUT2D eigenvalue weighted by molar-refractivity contribution is 4.83. The Morgan fingerprint density at radius 2 is 0.879 bits per heavy atom. The van der Waals surface area contributed by atoms with Crippen LogP contribution in [0.15, 0.2) is 0 Å². The van der Waals surface area contributed by atoms with E-state index < -0.39 is 0 Å². The van der Waals surface area contributed by atoms with Crippen molar-refractivity contribution >= 4 is 0 Å². The highest BCUT2D eigenvalue weighted by Crippen LogP contribution is 2.43. The summed E-state index contributed by atoms with van der Waals surface area (Å²) >= 11 is 0. The first-order valence-corrected chi connectivity index (χ1v) is 15.8. The van der Waals surface area contributed by atoms with Gasteiger partial charge in [-0.25, -0.2) is 0 Å². The molecule has 0 radical (unpaired) electrons. The summed E-state index contributed by atoms with van der Waals surface area (Å²) in [5, 5.41) is 0. The lowest BCUT2D eigenvalue weighted by atomic mass is 9.66. The molecule has 33 heavy (non-hydrogen) atoms. The van der Waals surface area contributed by atoms with Crippen LogP contribution in [0, 0.1) is 53.3 Å². The average molecular weight is 465 g/mol. The van der Waals surface area contributed by atoms with E-state index >= 15 is 0 Å². The van der Waals surface area contributed by atoms with E-state index in [-0.39, 0.29) is 0 Å². The lowest BCUT2D eigenvalue weighted by Crippen LogP contribution is -2.31. The molecule has 0 saturated heterocycles. The molecule has 0 aromatic heterocycles. The Hall–Kier alpha value is 0. The Morgan fingerprint density at radius 3 is 1.30 bits per heavy atom. The minimum Gasteiger partial charge on any atom is -0.0654 e. The number of hydrogen-bond donors (Lipinski definition) is 0. The summed E-state index contributed by atoms with van der Waals surface area (Å²) in [5.41, 5.74) is 0. The molecule has 9 unspecified atom stereocenters. The van der Waals surface area contributed by atoms with E-state index in [1.165, 1.54) is 83.5 Å². The highest BCUT2D eigenvalue weighted by Gasteiger charge is 2.33. The number of hydrogen-bond acceptors (Lipinski definition) is 0. The van der Waals surface area contributed by atoms with Gasteiger partial charge < -0.3 is 0 Å². The van der Waals surface area contributed by atoms with E-state index in [0.717, 1.165) is 53.3 Å². The van der Waals surface area contributed by atoms with Crippen LogP contribution in [0.2, 0.25) is 0 Å². The summed E-state index contributed by atoms with van der Waals surface area (Å²) in [6.07, 6.45) is 18.1. The molecule has 0 heterocycles. The van der Waals surface area contributed by atoms with E-state index in [1.807, 2.05) is 0 Å². The third kappa shape index (κ3) is 11.5. The zero-order valence-electron chi connectivity index (χ0n) is 25.4. The van der Waals surface area contributed by atoms with E-state index in [1.54, 1.807) is 0 Å². The van der Waals surface area contributed by atoms with Crippen molar-refractivity contribution in [2.24, 2.45) is 53.3 Å². The van der Waals surface area contributed by atoms with Gasteiger partial charge in [0.2, 0.25) is 0 Å². The fraction of sp³-hybridized carbons (Fsp3) is 1.00. The first-order valence-electron chi connectivity index (χ1n) is 15.8. The molecule has 0 N–H and O–H groups in total.